The fourth-order valence-corrected chi connectivity index (χ4v) is 2.28. The maximum Gasteiger partial charge on any atom is 0.260 e. The summed E-state index contributed by atoms with van der Waals surface area (Å²) in [6.45, 7) is 0. The van der Waals surface area contributed by atoms with E-state index in [0.717, 1.165) is 5.56 Å². The van der Waals surface area contributed by atoms with E-state index in [2.05, 4.69) is 15.0 Å². The van der Waals surface area contributed by atoms with E-state index in [4.69, 9.17) is 11.6 Å². The third-order valence-corrected chi connectivity index (χ3v) is 3.38. The summed E-state index contributed by atoms with van der Waals surface area (Å²) in [5.41, 5.74) is 1.48. The quantitative estimate of drug-likeness (QED) is 0.788. The van der Waals surface area contributed by atoms with Crippen LogP contribution in [0.25, 0.3) is 6.08 Å². The Hall–Kier alpha value is -2.84. The van der Waals surface area contributed by atoms with Crippen LogP contribution in [-0.4, -0.2) is 22.4 Å². The van der Waals surface area contributed by atoms with Crippen LogP contribution >= 0.6 is 11.6 Å². The van der Waals surface area contributed by atoms with E-state index >= 15 is 0 Å². The predicted molar refractivity (Wildman–Crippen MR) is 84.3 cm³/mol. The van der Waals surface area contributed by atoms with Crippen LogP contribution < -0.4 is 0 Å². The van der Waals surface area contributed by atoms with E-state index in [1.54, 1.807) is 48.8 Å². The molecule has 0 spiro atoms. The Balaban J connectivity index is 1.99. The van der Waals surface area contributed by atoms with Crippen LogP contribution in [0.2, 0.25) is 0 Å². The third kappa shape index (κ3) is 2.78. The number of halogens is 1. The predicted octanol–water partition coefficient (Wildman–Crippen LogP) is 2.68. The molecule has 5 nitrogen and oxygen atoms in total. The Morgan fingerprint density at radius 2 is 2.23 bits per heavy atom. The number of hydrogen-bond acceptors (Lipinski definition) is 4. The standard InChI is InChI=1S/C16H9ClN4O/c17-12-3-4-14-13(7-12)16(22)21-15(20-14)11(8-18)6-10-2-1-5-19-9-10/h1-7,9,13H/b11-6+. The molecule has 0 fully saturated rings. The fourth-order valence-electron chi connectivity index (χ4n) is 2.09. The molecule has 3 rings (SSSR count). The summed E-state index contributed by atoms with van der Waals surface area (Å²) in [4.78, 5) is 24.3. The summed E-state index contributed by atoms with van der Waals surface area (Å²) in [6.07, 6.45) is 9.77. The highest BCUT2D eigenvalue weighted by atomic mass is 35.5. The van der Waals surface area contributed by atoms with Crippen LogP contribution in [-0.2, 0) is 4.79 Å². The van der Waals surface area contributed by atoms with Crippen LogP contribution in [0.3, 0.4) is 0 Å². The Morgan fingerprint density at radius 1 is 1.36 bits per heavy atom. The van der Waals surface area contributed by atoms with Crippen molar-refractivity contribution in [3.63, 3.8) is 0 Å². The van der Waals surface area contributed by atoms with Gasteiger partial charge in [0.15, 0.2) is 5.84 Å². The average molecular weight is 309 g/mol. The van der Waals surface area contributed by atoms with Crippen LogP contribution in [0.5, 0.6) is 0 Å². The van der Waals surface area contributed by atoms with Crippen LogP contribution in [0.4, 0.5) is 0 Å². The van der Waals surface area contributed by atoms with E-state index in [-0.39, 0.29) is 17.3 Å². The van der Waals surface area contributed by atoms with Gasteiger partial charge in [0.1, 0.15) is 12.0 Å². The first-order chi connectivity index (χ1) is 10.7. The number of rotatable bonds is 2. The molecule has 1 amide bonds. The molecule has 0 N–H and O–H groups in total. The van der Waals surface area contributed by atoms with E-state index in [1.165, 1.54) is 0 Å². The van der Waals surface area contributed by atoms with Crippen molar-refractivity contribution >= 4 is 35.1 Å². The Labute approximate surface area is 131 Å². The number of nitriles is 1. The van der Waals surface area contributed by atoms with E-state index in [0.29, 0.717) is 10.7 Å². The highest BCUT2D eigenvalue weighted by molar-refractivity contribution is 6.34. The van der Waals surface area contributed by atoms with Gasteiger partial charge >= 0.3 is 0 Å². The van der Waals surface area contributed by atoms with Gasteiger partial charge in [0.05, 0.1) is 11.3 Å². The summed E-state index contributed by atoms with van der Waals surface area (Å²) < 4.78 is 0. The van der Waals surface area contributed by atoms with Gasteiger partial charge in [-0.1, -0.05) is 17.7 Å². The largest absolute Gasteiger partial charge is 0.271 e. The van der Waals surface area contributed by atoms with E-state index in [1.807, 2.05) is 6.07 Å². The van der Waals surface area contributed by atoms with Gasteiger partial charge < -0.3 is 0 Å². The number of allylic oxidation sites excluding steroid dienone is 3. The molecule has 22 heavy (non-hydrogen) atoms. The van der Waals surface area contributed by atoms with Crippen LogP contribution in [0.15, 0.2) is 63.3 Å². The highest BCUT2D eigenvalue weighted by Crippen LogP contribution is 2.23. The van der Waals surface area contributed by atoms with Crippen molar-refractivity contribution in [2.24, 2.45) is 15.9 Å². The minimum atomic E-state index is -0.570. The topological polar surface area (TPSA) is 78.5 Å². The number of nitrogens with zero attached hydrogens (tertiary/aromatic N) is 4. The van der Waals surface area contributed by atoms with Gasteiger partial charge in [-0.15, -0.1) is 0 Å². The summed E-state index contributed by atoms with van der Waals surface area (Å²) in [7, 11) is 0. The molecule has 0 radical (unpaired) electrons. The number of carbonyl (C=O) groups is 1. The maximum absolute atomic E-state index is 12.1. The molecule has 1 aromatic heterocycles. The number of carbonyl (C=O) groups excluding carboxylic acids is 1. The molecule has 2 heterocycles. The number of amides is 1. The van der Waals surface area contributed by atoms with E-state index < -0.39 is 5.92 Å². The Kier molecular flexibility index (Phi) is 3.77. The van der Waals surface area contributed by atoms with Gasteiger partial charge in [0.2, 0.25) is 0 Å². The molecular weight excluding hydrogens is 300 g/mol. The first-order valence-electron chi connectivity index (χ1n) is 6.46. The molecule has 0 saturated carbocycles. The summed E-state index contributed by atoms with van der Waals surface area (Å²) >= 11 is 5.88. The van der Waals surface area contributed by atoms with Crippen LogP contribution in [0, 0.1) is 17.2 Å². The highest BCUT2D eigenvalue weighted by Gasteiger charge is 2.28. The second-order valence-corrected chi connectivity index (χ2v) is 5.07. The molecule has 106 valence electrons. The Morgan fingerprint density at radius 3 is 2.95 bits per heavy atom. The van der Waals surface area contributed by atoms with E-state index in [9.17, 15) is 10.1 Å². The van der Waals surface area contributed by atoms with Gasteiger partial charge in [-0.05, 0) is 35.9 Å². The number of aliphatic imine (C=N–C) groups is 2. The fraction of sp³-hybridized carbons (Fsp3) is 0.0625. The molecule has 2 aliphatic rings. The zero-order chi connectivity index (χ0) is 15.5. The van der Waals surface area contributed by atoms with Crippen LogP contribution in [0.1, 0.15) is 5.56 Å². The molecule has 1 aliphatic carbocycles. The van der Waals surface area contributed by atoms with Crippen molar-refractivity contribution in [1.82, 2.24) is 4.98 Å². The SMILES string of the molecule is N#C/C(=C\c1cccnc1)C1=NC(=O)C2C=C(Cl)C=CC2=N1. The molecule has 1 unspecified atom stereocenters. The van der Waals surface area contributed by atoms with Crippen molar-refractivity contribution in [3.05, 3.63) is 58.9 Å². The zero-order valence-electron chi connectivity index (χ0n) is 11.3. The first kappa shape index (κ1) is 14.1. The maximum atomic E-state index is 12.1. The normalized spacial score (nSPS) is 20.5. The summed E-state index contributed by atoms with van der Waals surface area (Å²) in [6, 6.07) is 5.58. The number of aromatic nitrogens is 1. The molecule has 6 heteroatoms. The first-order valence-corrected chi connectivity index (χ1v) is 6.84. The molecule has 0 bridgehead atoms. The lowest BCUT2D eigenvalue weighted by molar-refractivity contribution is -0.118. The second kappa shape index (κ2) is 5.88. The molecule has 0 saturated heterocycles. The molecule has 1 aliphatic heterocycles. The van der Waals surface area contributed by atoms with Crippen molar-refractivity contribution in [1.29, 1.82) is 5.26 Å². The van der Waals surface area contributed by atoms with Crippen molar-refractivity contribution in [3.8, 4) is 6.07 Å². The zero-order valence-corrected chi connectivity index (χ0v) is 12.0. The van der Waals surface area contributed by atoms with Crippen molar-refractivity contribution < 1.29 is 4.79 Å². The van der Waals surface area contributed by atoms with Gasteiger partial charge in [0, 0.05) is 17.4 Å². The number of amidine groups is 1. The van der Waals surface area contributed by atoms with Crippen molar-refractivity contribution in [2.75, 3.05) is 0 Å². The number of hydrogen-bond donors (Lipinski definition) is 0. The van der Waals surface area contributed by atoms with Gasteiger partial charge in [-0.25, -0.2) is 4.99 Å². The minimum absolute atomic E-state index is 0.110. The summed E-state index contributed by atoms with van der Waals surface area (Å²) in [5.74, 6) is -0.840. The molecule has 0 aromatic carbocycles. The Bertz CT molecular complexity index is 825. The minimum Gasteiger partial charge on any atom is -0.271 e. The lowest BCUT2D eigenvalue weighted by Crippen LogP contribution is -2.27. The van der Waals surface area contributed by atoms with Gasteiger partial charge in [0.25, 0.3) is 5.91 Å². The summed E-state index contributed by atoms with van der Waals surface area (Å²) in [5, 5.41) is 9.79. The smallest absolute Gasteiger partial charge is 0.260 e. The van der Waals surface area contributed by atoms with Crippen molar-refractivity contribution in [2.45, 2.75) is 0 Å². The van der Waals surface area contributed by atoms with Gasteiger partial charge in [-0.3, -0.25) is 9.78 Å². The monoisotopic (exact) mass is 308 g/mol. The molecule has 1 atom stereocenters. The third-order valence-electron chi connectivity index (χ3n) is 3.13. The second-order valence-electron chi connectivity index (χ2n) is 4.63. The molecule has 1 aromatic rings. The number of pyridine rings is 1. The lowest BCUT2D eigenvalue weighted by atomic mass is 9.96. The molecular formula is C16H9ClN4O. The van der Waals surface area contributed by atoms with Gasteiger partial charge in [-0.2, -0.15) is 10.3 Å². The average Bonchev–Trinajstić information content (AvgIpc) is 2.54. The number of fused-ring (bicyclic) bond motifs is 1. The lowest BCUT2D eigenvalue weighted by Gasteiger charge is -2.18.